The molecule has 2 rings (SSSR count). The van der Waals surface area contributed by atoms with E-state index in [1.54, 1.807) is 0 Å². The Morgan fingerprint density at radius 3 is 2.41 bits per heavy atom. The number of hydrogen-bond donors (Lipinski definition) is 2. The van der Waals surface area contributed by atoms with Gasteiger partial charge in [-0.3, -0.25) is 10.2 Å². The molecule has 0 atom stereocenters. The van der Waals surface area contributed by atoms with Crippen molar-refractivity contribution in [1.29, 1.82) is 0 Å². The van der Waals surface area contributed by atoms with Crippen LogP contribution in [0.1, 0.15) is 31.2 Å². The fraction of sp³-hybridized carbons (Fsp3) is 0.467. The quantitative estimate of drug-likeness (QED) is 0.628. The van der Waals surface area contributed by atoms with Crippen LogP contribution in [0.25, 0.3) is 0 Å². The number of amides is 2. The van der Waals surface area contributed by atoms with E-state index in [4.69, 9.17) is 4.65 Å². The average molecular weight is 303 g/mol. The van der Waals surface area contributed by atoms with Gasteiger partial charge in [-0.25, -0.2) is 9.80 Å². The van der Waals surface area contributed by atoms with E-state index in [0.717, 1.165) is 37.0 Å². The molecule has 0 saturated carbocycles. The summed E-state index contributed by atoms with van der Waals surface area (Å²) in [4.78, 5) is 22.8. The number of urea groups is 1. The third kappa shape index (κ3) is 5.07. The number of rotatable bonds is 5. The van der Waals surface area contributed by atoms with Crippen molar-refractivity contribution in [1.82, 2.24) is 15.7 Å². The molecule has 0 aliphatic carbocycles. The van der Waals surface area contributed by atoms with Gasteiger partial charge in [0.25, 0.3) is 6.47 Å². The molecule has 1 aromatic rings. The Kier molecular flexibility index (Phi) is 6.27. The van der Waals surface area contributed by atoms with Crippen molar-refractivity contribution in [3.63, 3.8) is 0 Å². The van der Waals surface area contributed by atoms with Gasteiger partial charge >= 0.3 is 13.1 Å². The van der Waals surface area contributed by atoms with Crippen molar-refractivity contribution < 1.29 is 14.2 Å². The molecule has 0 unspecified atom stereocenters. The molecule has 2 N–H and O–H groups in total. The average Bonchev–Trinajstić information content (AvgIpc) is 2.76. The minimum absolute atomic E-state index is 0.344. The van der Waals surface area contributed by atoms with Crippen LogP contribution in [0.2, 0.25) is 0 Å². The van der Waals surface area contributed by atoms with Crippen molar-refractivity contribution in [3.8, 4) is 0 Å². The Labute approximate surface area is 131 Å². The summed E-state index contributed by atoms with van der Waals surface area (Å²) >= 11 is 0. The first-order valence-electron chi connectivity index (χ1n) is 7.67. The molecular formula is C15H22BN3O3. The van der Waals surface area contributed by atoms with E-state index < -0.39 is 7.05 Å². The van der Waals surface area contributed by atoms with Crippen LogP contribution in [0.5, 0.6) is 0 Å². The number of nitrogens with zero attached hydrogens (tertiary/aromatic N) is 1. The van der Waals surface area contributed by atoms with Crippen molar-refractivity contribution >= 4 is 25.0 Å². The SMILES string of the molecule is Cc1ccc(B(NC(=O)NN2CCCCCC2)OC=O)cc1. The van der Waals surface area contributed by atoms with Gasteiger partial charge in [-0.15, -0.1) is 0 Å². The predicted octanol–water partition coefficient (Wildman–Crippen LogP) is 0.953. The molecule has 0 spiro atoms. The molecule has 7 heteroatoms. The third-order valence-electron chi connectivity index (χ3n) is 3.70. The summed E-state index contributed by atoms with van der Waals surface area (Å²) in [6, 6.07) is 7.11. The number of nitrogens with one attached hydrogen (secondary N) is 2. The zero-order valence-electron chi connectivity index (χ0n) is 12.9. The normalized spacial score (nSPS) is 15.5. The summed E-state index contributed by atoms with van der Waals surface area (Å²) in [5, 5.41) is 4.59. The molecule has 1 aliphatic rings. The van der Waals surface area contributed by atoms with Crippen LogP contribution < -0.4 is 16.1 Å². The van der Waals surface area contributed by atoms with Crippen LogP contribution in [-0.4, -0.2) is 37.7 Å². The first-order valence-corrected chi connectivity index (χ1v) is 7.67. The molecule has 1 fully saturated rings. The summed E-state index contributed by atoms with van der Waals surface area (Å²) in [5.41, 5.74) is 4.64. The van der Waals surface area contributed by atoms with E-state index in [1.165, 1.54) is 12.8 Å². The Morgan fingerprint density at radius 1 is 1.18 bits per heavy atom. The Balaban J connectivity index is 1.93. The van der Waals surface area contributed by atoms with Gasteiger partial charge in [0, 0.05) is 13.1 Å². The van der Waals surface area contributed by atoms with E-state index in [0.29, 0.717) is 6.47 Å². The van der Waals surface area contributed by atoms with Crippen molar-refractivity contribution in [2.24, 2.45) is 0 Å². The van der Waals surface area contributed by atoms with Gasteiger partial charge < -0.3 is 9.88 Å². The molecule has 0 bridgehead atoms. The Hall–Kier alpha value is -2.02. The first-order chi connectivity index (χ1) is 10.7. The lowest BCUT2D eigenvalue weighted by atomic mass is 9.73. The van der Waals surface area contributed by atoms with E-state index in [2.05, 4.69) is 10.7 Å². The van der Waals surface area contributed by atoms with Crippen LogP contribution in [0.3, 0.4) is 0 Å². The fourth-order valence-corrected chi connectivity index (χ4v) is 2.47. The van der Waals surface area contributed by atoms with Gasteiger partial charge in [0.2, 0.25) is 0 Å². The molecule has 1 aliphatic heterocycles. The Morgan fingerprint density at radius 2 is 1.82 bits per heavy atom. The molecule has 2 amide bonds. The number of carbonyl (C=O) groups excluding carboxylic acids is 2. The van der Waals surface area contributed by atoms with E-state index in [9.17, 15) is 9.59 Å². The van der Waals surface area contributed by atoms with E-state index in [1.807, 2.05) is 36.2 Å². The molecule has 1 heterocycles. The highest BCUT2D eigenvalue weighted by atomic mass is 16.5. The summed E-state index contributed by atoms with van der Waals surface area (Å²) in [5.74, 6) is 0. The van der Waals surface area contributed by atoms with Crippen LogP contribution in [-0.2, 0) is 9.45 Å². The molecule has 6 nitrogen and oxygen atoms in total. The smallest absolute Gasteiger partial charge is 0.513 e. The fourth-order valence-electron chi connectivity index (χ4n) is 2.47. The maximum atomic E-state index is 12.1. The van der Waals surface area contributed by atoms with Crippen molar-refractivity contribution in [2.45, 2.75) is 32.6 Å². The van der Waals surface area contributed by atoms with Gasteiger partial charge in [-0.2, -0.15) is 0 Å². The van der Waals surface area contributed by atoms with Gasteiger partial charge in [-0.05, 0) is 25.2 Å². The van der Waals surface area contributed by atoms with Gasteiger partial charge in [-0.1, -0.05) is 42.7 Å². The maximum Gasteiger partial charge on any atom is 0.522 e. The number of benzene rings is 1. The highest BCUT2D eigenvalue weighted by Gasteiger charge is 2.24. The zero-order chi connectivity index (χ0) is 15.8. The number of hydrazine groups is 1. The maximum absolute atomic E-state index is 12.1. The molecule has 1 saturated heterocycles. The van der Waals surface area contributed by atoms with Crippen molar-refractivity contribution in [2.75, 3.05) is 13.1 Å². The lowest BCUT2D eigenvalue weighted by Gasteiger charge is -2.22. The Bertz CT molecular complexity index is 487. The van der Waals surface area contributed by atoms with Crippen LogP contribution in [0.15, 0.2) is 24.3 Å². The number of carbonyl (C=O) groups is 2. The lowest BCUT2D eigenvalue weighted by Crippen LogP contribution is -2.56. The second kappa shape index (κ2) is 8.43. The molecule has 0 aromatic heterocycles. The van der Waals surface area contributed by atoms with Crippen molar-refractivity contribution in [3.05, 3.63) is 29.8 Å². The highest BCUT2D eigenvalue weighted by molar-refractivity contribution is 6.68. The first kappa shape index (κ1) is 16.4. The molecule has 1 aromatic carbocycles. The van der Waals surface area contributed by atoms with Crippen LogP contribution in [0.4, 0.5) is 4.79 Å². The second-order valence-corrected chi connectivity index (χ2v) is 5.51. The molecule has 0 radical (unpaired) electrons. The monoisotopic (exact) mass is 303 g/mol. The zero-order valence-corrected chi connectivity index (χ0v) is 12.9. The topological polar surface area (TPSA) is 70.7 Å². The summed E-state index contributed by atoms with van der Waals surface area (Å²) in [6.45, 7) is 4.00. The number of hydrogen-bond acceptors (Lipinski definition) is 4. The minimum atomic E-state index is -0.787. The molecule has 118 valence electrons. The largest absolute Gasteiger partial charge is 0.522 e. The number of aryl methyl sites for hydroxylation is 1. The molecular weight excluding hydrogens is 281 g/mol. The predicted molar refractivity (Wildman–Crippen MR) is 85.4 cm³/mol. The van der Waals surface area contributed by atoms with E-state index in [-0.39, 0.29) is 6.03 Å². The molecule has 22 heavy (non-hydrogen) atoms. The summed E-state index contributed by atoms with van der Waals surface area (Å²) in [6.07, 6.45) is 4.54. The minimum Gasteiger partial charge on any atom is -0.513 e. The second-order valence-electron chi connectivity index (χ2n) is 5.51. The third-order valence-corrected chi connectivity index (χ3v) is 3.70. The van der Waals surface area contributed by atoms with Crippen LogP contribution in [0, 0.1) is 6.92 Å². The lowest BCUT2D eigenvalue weighted by molar-refractivity contribution is -0.121. The summed E-state index contributed by atoms with van der Waals surface area (Å²) in [7, 11) is -0.787. The van der Waals surface area contributed by atoms with Crippen LogP contribution >= 0.6 is 0 Å². The van der Waals surface area contributed by atoms with Gasteiger partial charge in [0.1, 0.15) is 0 Å². The van der Waals surface area contributed by atoms with Gasteiger partial charge in [0.05, 0.1) is 0 Å². The highest BCUT2D eigenvalue weighted by Crippen LogP contribution is 2.07. The van der Waals surface area contributed by atoms with Gasteiger partial charge in [0.15, 0.2) is 0 Å². The standard InChI is InChI=1S/C15H22BN3O3/c1-13-6-8-14(9-7-13)16(22-12-20)17-15(21)18-19-10-4-2-3-5-11-19/h6-9,12H,2-5,10-11H2,1H3,(H2,17,18,21). The van der Waals surface area contributed by atoms with E-state index >= 15 is 0 Å². The summed E-state index contributed by atoms with van der Waals surface area (Å²) < 4.78 is 4.98.